The van der Waals surface area contributed by atoms with Crippen LogP contribution in [0.2, 0.25) is 0 Å². The van der Waals surface area contributed by atoms with Gasteiger partial charge in [0.05, 0.1) is 0 Å². The van der Waals surface area contributed by atoms with Gasteiger partial charge >= 0.3 is 0 Å². The lowest BCUT2D eigenvalue weighted by molar-refractivity contribution is -0.0864. The highest BCUT2D eigenvalue weighted by Crippen LogP contribution is 2.15. The molecule has 1 unspecified atom stereocenters. The Morgan fingerprint density at radius 3 is 2.70 bits per heavy atom. The minimum absolute atomic E-state index is 0.0926. The summed E-state index contributed by atoms with van der Waals surface area (Å²) in [7, 11) is 0. The molecule has 0 radical (unpaired) electrons. The smallest absolute Gasteiger partial charge is 0.154 e. The van der Waals surface area contributed by atoms with Crippen LogP contribution in [0.3, 0.4) is 0 Å². The first-order chi connectivity index (χ1) is 4.80. The maximum Gasteiger partial charge on any atom is 0.154 e. The fourth-order valence-electron chi connectivity index (χ4n) is 1.34. The predicted molar refractivity (Wildman–Crippen MR) is 38.4 cm³/mol. The molecule has 0 amide bonds. The number of hydrogen-bond donors (Lipinski definition) is 3. The van der Waals surface area contributed by atoms with Crippen molar-refractivity contribution in [3.63, 3.8) is 0 Å². The molecule has 10 heavy (non-hydrogen) atoms. The zero-order valence-corrected chi connectivity index (χ0v) is 6.08. The molecule has 0 aromatic heterocycles. The van der Waals surface area contributed by atoms with Crippen molar-refractivity contribution in [1.29, 1.82) is 0 Å². The number of hydrogen-bond acceptors (Lipinski definition) is 3. The number of aliphatic hydroxyl groups is 2. The van der Waals surface area contributed by atoms with Gasteiger partial charge in [-0.1, -0.05) is 0 Å². The molecule has 1 saturated heterocycles. The van der Waals surface area contributed by atoms with Crippen LogP contribution in [0, 0.1) is 5.92 Å². The van der Waals surface area contributed by atoms with Gasteiger partial charge in [-0.15, -0.1) is 0 Å². The summed E-state index contributed by atoms with van der Waals surface area (Å²) in [5.41, 5.74) is 0. The van der Waals surface area contributed by atoms with E-state index in [4.69, 9.17) is 10.2 Å². The summed E-state index contributed by atoms with van der Waals surface area (Å²) in [6.07, 6.45) is 1.77. The Morgan fingerprint density at radius 2 is 2.00 bits per heavy atom. The van der Waals surface area contributed by atoms with E-state index in [9.17, 15) is 0 Å². The van der Waals surface area contributed by atoms with Gasteiger partial charge < -0.3 is 15.5 Å². The third-order valence-corrected chi connectivity index (χ3v) is 2.04. The second-order valence-electron chi connectivity index (χ2n) is 2.85. The van der Waals surface area contributed by atoms with E-state index in [1.807, 2.05) is 0 Å². The van der Waals surface area contributed by atoms with Gasteiger partial charge in [-0.2, -0.15) is 0 Å². The van der Waals surface area contributed by atoms with Crippen LogP contribution < -0.4 is 5.32 Å². The van der Waals surface area contributed by atoms with Crippen LogP contribution in [0.5, 0.6) is 0 Å². The molecule has 1 aliphatic rings. The van der Waals surface area contributed by atoms with Gasteiger partial charge in [0.15, 0.2) is 6.29 Å². The van der Waals surface area contributed by atoms with Crippen molar-refractivity contribution in [2.24, 2.45) is 5.92 Å². The van der Waals surface area contributed by atoms with E-state index in [1.54, 1.807) is 0 Å². The Bertz CT molecular complexity index is 87.6. The summed E-state index contributed by atoms with van der Waals surface area (Å²) >= 11 is 0. The van der Waals surface area contributed by atoms with Gasteiger partial charge in [-0.05, 0) is 32.4 Å². The largest absolute Gasteiger partial charge is 0.368 e. The van der Waals surface area contributed by atoms with Crippen molar-refractivity contribution in [2.45, 2.75) is 25.6 Å². The first kappa shape index (κ1) is 7.98. The topological polar surface area (TPSA) is 52.5 Å². The van der Waals surface area contributed by atoms with Crippen LogP contribution in [0.15, 0.2) is 0 Å². The molecular formula is C7H15NO2. The third kappa shape index (κ3) is 2.25. The lowest BCUT2D eigenvalue weighted by atomic mass is 10.0. The van der Waals surface area contributed by atoms with Crippen LogP contribution in [0.4, 0.5) is 0 Å². The molecule has 60 valence electrons. The fourth-order valence-corrected chi connectivity index (χ4v) is 1.34. The van der Waals surface area contributed by atoms with Crippen molar-refractivity contribution in [3.05, 3.63) is 0 Å². The minimum atomic E-state index is -1.11. The molecule has 3 heteroatoms. The van der Waals surface area contributed by atoms with E-state index in [-0.39, 0.29) is 5.92 Å². The molecule has 3 nitrogen and oxygen atoms in total. The highest BCUT2D eigenvalue weighted by atomic mass is 16.5. The molecular weight excluding hydrogens is 130 g/mol. The first-order valence-electron chi connectivity index (χ1n) is 3.87. The van der Waals surface area contributed by atoms with Gasteiger partial charge in [0.1, 0.15) is 0 Å². The van der Waals surface area contributed by atoms with Crippen molar-refractivity contribution >= 4 is 0 Å². The highest BCUT2D eigenvalue weighted by molar-refractivity contribution is 4.67. The van der Waals surface area contributed by atoms with Crippen LogP contribution in [0.1, 0.15) is 19.3 Å². The Labute approximate surface area is 61.1 Å². The summed E-state index contributed by atoms with van der Waals surface area (Å²) in [6, 6.07) is 0. The molecule has 0 spiro atoms. The Morgan fingerprint density at radius 1 is 1.20 bits per heavy atom. The van der Waals surface area contributed by atoms with Crippen LogP contribution >= 0.6 is 0 Å². The number of rotatable bonds is 1. The maximum absolute atomic E-state index is 8.83. The molecule has 1 atom stereocenters. The molecule has 1 heterocycles. The van der Waals surface area contributed by atoms with E-state index in [0.717, 1.165) is 32.4 Å². The third-order valence-electron chi connectivity index (χ3n) is 2.04. The minimum Gasteiger partial charge on any atom is -0.368 e. The normalized spacial score (nSPS) is 28.5. The van der Waals surface area contributed by atoms with E-state index in [1.165, 1.54) is 0 Å². The highest BCUT2D eigenvalue weighted by Gasteiger charge is 2.17. The molecule has 3 N–H and O–H groups in total. The molecule has 0 aromatic rings. The molecule has 0 saturated carbocycles. The number of aliphatic hydroxyl groups excluding tert-OH is 1. The summed E-state index contributed by atoms with van der Waals surface area (Å²) in [4.78, 5) is 0. The van der Waals surface area contributed by atoms with Crippen LogP contribution in [-0.2, 0) is 0 Å². The quantitative estimate of drug-likeness (QED) is 0.443. The maximum atomic E-state index is 8.83. The van der Waals surface area contributed by atoms with E-state index >= 15 is 0 Å². The lowest BCUT2D eigenvalue weighted by Crippen LogP contribution is -2.21. The molecule has 0 aliphatic carbocycles. The van der Waals surface area contributed by atoms with Gasteiger partial charge in [0.25, 0.3) is 0 Å². The van der Waals surface area contributed by atoms with Crippen molar-refractivity contribution in [2.75, 3.05) is 13.1 Å². The molecule has 1 aliphatic heterocycles. The second-order valence-corrected chi connectivity index (χ2v) is 2.85. The fraction of sp³-hybridized carbons (Fsp3) is 1.00. The Kier molecular flexibility index (Phi) is 3.12. The second kappa shape index (κ2) is 3.91. The van der Waals surface area contributed by atoms with Gasteiger partial charge in [0, 0.05) is 5.92 Å². The van der Waals surface area contributed by atoms with Crippen molar-refractivity contribution in [1.82, 2.24) is 5.32 Å². The van der Waals surface area contributed by atoms with E-state index < -0.39 is 6.29 Å². The van der Waals surface area contributed by atoms with Gasteiger partial charge in [-0.25, -0.2) is 0 Å². The Hall–Kier alpha value is -0.120. The van der Waals surface area contributed by atoms with Gasteiger partial charge in [-0.3, -0.25) is 0 Å². The lowest BCUT2D eigenvalue weighted by Gasteiger charge is -2.14. The monoisotopic (exact) mass is 145 g/mol. The molecule has 1 rings (SSSR count). The first-order valence-corrected chi connectivity index (χ1v) is 3.87. The SMILES string of the molecule is OC(O)C1CCCNCC1. The number of nitrogens with one attached hydrogen (secondary N) is 1. The average molecular weight is 145 g/mol. The summed E-state index contributed by atoms with van der Waals surface area (Å²) in [5, 5.41) is 20.9. The molecule has 0 aromatic carbocycles. The predicted octanol–water partition coefficient (Wildman–Crippen LogP) is -0.313. The van der Waals surface area contributed by atoms with Crippen LogP contribution in [-0.4, -0.2) is 29.6 Å². The summed E-state index contributed by atoms with van der Waals surface area (Å²) in [5.74, 6) is 0.0926. The molecule has 0 bridgehead atoms. The molecule has 1 fully saturated rings. The van der Waals surface area contributed by atoms with Gasteiger partial charge in [0.2, 0.25) is 0 Å². The Balaban J connectivity index is 2.28. The summed E-state index contributed by atoms with van der Waals surface area (Å²) < 4.78 is 0. The van der Waals surface area contributed by atoms with E-state index in [0.29, 0.717) is 0 Å². The van der Waals surface area contributed by atoms with Crippen molar-refractivity contribution < 1.29 is 10.2 Å². The standard InChI is InChI=1S/C7H15NO2/c9-7(10)6-2-1-4-8-5-3-6/h6-10H,1-5H2. The van der Waals surface area contributed by atoms with E-state index in [2.05, 4.69) is 5.32 Å². The zero-order valence-electron chi connectivity index (χ0n) is 6.08. The average Bonchev–Trinajstić information content (AvgIpc) is 2.12. The van der Waals surface area contributed by atoms with Crippen LogP contribution in [0.25, 0.3) is 0 Å². The summed E-state index contributed by atoms with van der Waals surface area (Å²) in [6.45, 7) is 1.94. The van der Waals surface area contributed by atoms with Crippen molar-refractivity contribution in [3.8, 4) is 0 Å². The zero-order chi connectivity index (χ0) is 7.40.